The molecule has 0 saturated heterocycles. The number of Topliss-reactive ketones (excluding diaryl/α,β-unsaturated/α-hetero) is 1. The van der Waals surface area contributed by atoms with Crippen LogP contribution in [-0.2, 0) is 27.3 Å². The van der Waals surface area contributed by atoms with Crippen LogP contribution in [0.3, 0.4) is 0 Å². The van der Waals surface area contributed by atoms with E-state index in [2.05, 4.69) is 25.7 Å². The van der Waals surface area contributed by atoms with Crippen LogP contribution >= 0.6 is 0 Å². The maximum atomic E-state index is 14.4. The van der Waals surface area contributed by atoms with Crippen LogP contribution in [0.15, 0.2) is 23.0 Å². The number of benzene rings is 1. The molecule has 10 nitrogen and oxygen atoms in total. The maximum Gasteiger partial charge on any atom is 0.248 e. The van der Waals surface area contributed by atoms with Gasteiger partial charge in [0.05, 0.1) is 17.2 Å². The Balaban J connectivity index is 1.93. The lowest BCUT2D eigenvalue weighted by atomic mass is 9.57. The van der Waals surface area contributed by atoms with Crippen molar-refractivity contribution >= 4 is 23.1 Å². The summed E-state index contributed by atoms with van der Waals surface area (Å²) in [5.74, 6) is -2.60. The molecule has 3 aliphatic rings. The average Bonchev–Trinajstić information content (AvgIpc) is 2.86. The summed E-state index contributed by atoms with van der Waals surface area (Å²) >= 11 is 0. The Morgan fingerprint density at radius 2 is 1.85 bits per heavy atom. The average molecular weight is 557 g/mol. The monoisotopic (exact) mass is 556 g/mol. The number of carbonyl (C=O) groups is 2. The lowest BCUT2D eigenvalue weighted by molar-refractivity contribution is -0.157. The van der Waals surface area contributed by atoms with E-state index in [9.17, 15) is 24.9 Å². The standard InChI is InChI=1S/C30H44N4O6/c1-9-34(15(2)3)14-17-12-21(35)23-18(24(17)32(4)5)10-16-11-20-25(33(6)7)26(36)19(29(31)39)13-30(20,40-8)28(38)22(16)27(23)37/h12,15-16,20,25,35-37H,9-11,13-14H2,1-8H3,(H2,31,39)/t16-,20-,25-,30-/m0/s1. The lowest BCUT2D eigenvalue weighted by Crippen LogP contribution is -2.63. The number of likely N-dealkylation sites (N-methyl/N-ethyl adjacent to an activating group) is 1. The molecule has 0 spiro atoms. The molecule has 40 heavy (non-hydrogen) atoms. The van der Waals surface area contributed by atoms with Crippen LogP contribution in [0, 0.1) is 11.8 Å². The SMILES string of the molecule is CCN(Cc1cc(O)c2c(c1N(C)C)C[C@H]1C[C@H]3[C@H](N(C)C)C(O)=C(C(N)=O)C[C@@]3(OC)C(=O)C1=C2O)C(C)C. The first kappa shape index (κ1) is 29.9. The number of phenolic OH excluding ortho intramolecular Hbond substituents is 1. The molecule has 1 amide bonds. The van der Waals surface area contributed by atoms with Gasteiger partial charge in [-0.15, -0.1) is 0 Å². The zero-order valence-electron chi connectivity index (χ0n) is 24.9. The number of carbonyl (C=O) groups excluding carboxylic acids is 2. The summed E-state index contributed by atoms with van der Waals surface area (Å²) in [6.45, 7) is 7.82. The molecular weight excluding hydrogens is 512 g/mol. The fraction of sp³-hybridized carbons (Fsp3) is 0.600. The van der Waals surface area contributed by atoms with E-state index in [1.165, 1.54) is 7.11 Å². The van der Waals surface area contributed by atoms with Crippen LogP contribution < -0.4 is 10.6 Å². The predicted molar refractivity (Wildman–Crippen MR) is 154 cm³/mol. The Morgan fingerprint density at radius 3 is 2.35 bits per heavy atom. The molecule has 1 fully saturated rings. The van der Waals surface area contributed by atoms with Crippen molar-refractivity contribution in [3.63, 3.8) is 0 Å². The number of rotatable bonds is 8. The number of primary amides is 1. The van der Waals surface area contributed by atoms with Gasteiger partial charge in [-0.3, -0.25) is 19.4 Å². The summed E-state index contributed by atoms with van der Waals surface area (Å²) in [7, 11) is 8.85. The van der Waals surface area contributed by atoms with Gasteiger partial charge >= 0.3 is 0 Å². The number of aliphatic hydroxyl groups is 2. The second-order valence-electron chi connectivity index (χ2n) is 12.0. The zero-order valence-corrected chi connectivity index (χ0v) is 24.9. The van der Waals surface area contributed by atoms with Crippen molar-refractivity contribution in [3.8, 4) is 5.75 Å². The zero-order chi connectivity index (χ0) is 29.8. The number of hydrogen-bond acceptors (Lipinski definition) is 9. The van der Waals surface area contributed by atoms with E-state index in [1.807, 2.05) is 19.0 Å². The molecule has 0 radical (unpaired) electrons. The topological polar surface area (TPSA) is 140 Å². The molecule has 0 unspecified atom stereocenters. The molecule has 1 aromatic rings. The summed E-state index contributed by atoms with van der Waals surface area (Å²) in [5.41, 5.74) is 7.18. The van der Waals surface area contributed by atoms with E-state index >= 15 is 0 Å². The number of phenols is 1. The summed E-state index contributed by atoms with van der Waals surface area (Å²) in [5, 5.41) is 34.0. The van der Waals surface area contributed by atoms with Gasteiger partial charge in [0.25, 0.3) is 0 Å². The molecule has 1 saturated carbocycles. The van der Waals surface area contributed by atoms with Crippen LogP contribution in [0.25, 0.3) is 5.76 Å². The van der Waals surface area contributed by atoms with Crippen molar-refractivity contribution in [3.05, 3.63) is 39.7 Å². The highest BCUT2D eigenvalue weighted by Gasteiger charge is 2.61. The Labute approximate surface area is 236 Å². The first-order valence-electron chi connectivity index (χ1n) is 13.9. The second-order valence-corrected chi connectivity index (χ2v) is 12.0. The van der Waals surface area contributed by atoms with Gasteiger partial charge in [-0.2, -0.15) is 0 Å². The number of ketones is 1. The summed E-state index contributed by atoms with van der Waals surface area (Å²) in [4.78, 5) is 32.7. The number of nitrogens with zero attached hydrogens (tertiary/aromatic N) is 3. The molecule has 0 aliphatic heterocycles. The molecular formula is C30H44N4O6. The lowest BCUT2D eigenvalue weighted by Gasteiger charge is -2.53. The molecule has 0 heterocycles. The molecule has 4 rings (SSSR count). The van der Waals surface area contributed by atoms with E-state index < -0.39 is 29.3 Å². The van der Waals surface area contributed by atoms with Crippen molar-refractivity contribution in [1.29, 1.82) is 0 Å². The van der Waals surface area contributed by atoms with Crippen molar-refractivity contribution in [2.75, 3.05) is 46.7 Å². The molecule has 4 atom stereocenters. The molecule has 0 bridgehead atoms. The number of hydrogen-bond donors (Lipinski definition) is 4. The Bertz CT molecular complexity index is 1280. The third-order valence-corrected chi connectivity index (χ3v) is 9.16. The molecule has 220 valence electrons. The van der Waals surface area contributed by atoms with Gasteiger partial charge in [0.1, 0.15) is 22.9 Å². The van der Waals surface area contributed by atoms with Crippen LogP contribution in [0.5, 0.6) is 5.75 Å². The normalized spacial score (nSPS) is 26.4. The number of anilines is 1. The highest BCUT2D eigenvalue weighted by molar-refractivity contribution is 6.11. The third kappa shape index (κ3) is 4.46. The summed E-state index contributed by atoms with van der Waals surface area (Å²) in [6, 6.07) is 1.31. The first-order chi connectivity index (χ1) is 18.7. The van der Waals surface area contributed by atoms with Crippen LogP contribution in [0.4, 0.5) is 5.69 Å². The van der Waals surface area contributed by atoms with Crippen LogP contribution in [0.1, 0.15) is 50.3 Å². The molecule has 10 heteroatoms. The predicted octanol–water partition coefficient (Wildman–Crippen LogP) is 2.74. The first-order valence-corrected chi connectivity index (χ1v) is 13.9. The van der Waals surface area contributed by atoms with Crippen molar-refractivity contribution in [2.24, 2.45) is 17.6 Å². The Kier molecular flexibility index (Phi) is 8.01. The quantitative estimate of drug-likeness (QED) is 0.380. The van der Waals surface area contributed by atoms with Crippen LogP contribution in [0.2, 0.25) is 0 Å². The highest BCUT2D eigenvalue weighted by atomic mass is 16.5. The largest absolute Gasteiger partial charge is 0.510 e. The van der Waals surface area contributed by atoms with Gasteiger partial charge in [-0.25, -0.2) is 0 Å². The molecule has 0 aromatic heterocycles. The van der Waals surface area contributed by atoms with Gasteiger partial charge in [0, 0.05) is 57.4 Å². The van der Waals surface area contributed by atoms with E-state index in [-0.39, 0.29) is 46.3 Å². The van der Waals surface area contributed by atoms with Gasteiger partial charge in [0.15, 0.2) is 5.78 Å². The van der Waals surface area contributed by atoms with Crippen molar-refractivity contribution in [2.45, 2.75) is 64.3 Å². The minimum atomic E-state index is -1.50. The number of nitrogens with two attached hydrogens (primary N) is 1. The van der Waals surface area contributed by atoms with Gasteiger partial charge in [-0.05, 0) is 70.4 Å². The van der Waals surface area contributed by atoms with E-state index in [0.717, 1.165) is 23.4 Å². The Morgan fingerprint density at radius 1 is 1.20 bits per heavy atom. The number of aliphatic hydroxyl groups excluding tert-OH is 2. The van der Waals surface area contributed by atoms with E-state index in [4.69, 9.17) is 10.5 Å². The summed E-state index contributed by atoms with van der Waals surface area (Å²) in [6.07, 6.45) is 0.653. The fourth-order valence-corrected chi connectivity index (χ4v) is 7.31. The second kappa shape index (κ2) is 10.7. The van der Waals surface area contributed by atoms with Gasteiger partial charge in [-0.1, -0.05) is 6.92 Å². The minimum absolute atomic E-state index is 0.0482. The number of aromatic hydroxyl groups is 1. The molecule has 1 aromatic carbocycles. The van der Waals surface area contributed by atoms with Gasteiger partial charge in [0.2, 0.25) is 5.91 Å². The van der Waals surface area contributed by atoms with Gasteiger partial charge < -0.3 is 30.7 Å². The minimum Gasteiger partial charge on any atom is -0.510 e. The third-order valence-electron chi connectivity index (χ3n) is 9.16. The number of amides is 1. The van der Waals surface area contributed by atoms with Crippen molar-refractivity contribution in [1.82, 2.24) is 9.80 Å². The summed E-state index contributed by atoms with van der Waals surface area (Å²) < 4.78 is 5.93. The number of methoxy groups -OCH3 is 1. The van der Waals surface area contributed by atoms with Crippen LogP contribution in [-0.4, -0.2) is 96.3 Å². The number of fused-ring (bicyclic) bond motifs is 3. The van der Waals surface area contributed by atoms with E-state index in [1.54, 1.807) is 25.1 Å². The van der Waals surface area contributed by atoms with E-state index in [0.29, 0.717) is 25.4 Å². The highest BCUT2D eigenvalue weighted by Crippen LogP contribution is 2.55. The molecule has 5 N–H and O–H groups in total. The maximum absolute atomic E-state index is 14.4. The smallest absolute Gasteiger partial charge is 0.248 e. The molecule has 3 aliphatic carbocycles. The fourth-order valence-electron chi connectivity index (χ4n) is 7.31. The number of ether oxygens (including phenoxy) is 1. The Hall–Kier alpha value is -3.08. The van der Waals surface area contributed by atoms with Crippen molar-refractivity contribution < 1.29 is 29.6 Å².